The Morgan fingerprint density at radius 1 is 1.32 bits per heavy atom. The fourth-order valence-corrected chi connectivity index (χ4v) is 2.45. The van der Waals surface area contributed by atoms with Gasteiger partial charge in [0, 0.05) is 25.0 Å². The molecule has 0 bridgehead atoms. The van der Waals surface area contributed by atoms with E-state index in [2.05, 4.69) is 15.1 Å². The fourth-order valence-electron chi connectivity index (χ4n) is 2.45. The predicted molar refractivity (Wildman–Crippen MR) is 76.2 cm³/mol. The van der Waals surface area contributed by atoms with Crippen molar-refractivity contribution in [1.29, 1.82) is 0 Å². The molecule has 0 saturated carbocycles. The maximum absolute atomic E-state index is 12.1. The van der Waals surface area contributed by atoms with Gasteiger partial charge in [0.05, 0.1) is 0 Å². The molecule has 0 radical (unpaired) electrons. The Morgan fingerprint density at radius 3 is 2.73 bits per heavy atom. The summed E-state index contributed by atoms with van der Waals surface area (Å²) < 4.78 is 6.65. The monoisotopic (exact) mass is 303 g/mol. The van der Waals surface area contributed by atoms with Crippen molar-refractivity contribution < 1.29 is 14.3 Å². The van der Waals surface area contributed by atoms with Crippen LogP contribution in [0.4, 0.5) is 0 Å². The van der Waals surface area contributed by atoms with Crippen LogP contribution in [0, 0.1) is 6.92 Å². The van der Waals surface area contributed by atoms with Crippen molar-refractivity contribution in [2.45, 2.75) is 32.8 Å². The molecule has 0 unspecified atom stereocenters. The topological polar surface area (TPSA) is 89.7 Å². The van der Waals surface area contributed by atoms with Crippen LogP contribution in [-0.2, 0) is 9.53 Å². The van der Waals surface area contributed by atoms with Crippen molar-refractivity contribution in [2.24, 2.45) is 0 Å². The molecule has 116 valence electrons. The Hall–Kier alpha value is -2.51. The predicted octanol–water partition coefficient (Wildman–Crippen LogP) is 0.600. The second-order valence-electron chi connectivity index (χ2n) is 5.31. The highest BCUT2D eigenvalue weighted by atomic mass is 16.5. The summed E-state index contributed by atoms with van der Waals surface area (Å²) in [4.78, 5) is 34.0. The van der Waals surface area contributed by atoms with E-state index in [-0.39, 0.29) is 11.7 Å². The number of hydrogen-bond donors (Lipinski definition) is 0. The number of rotatable bonds is 3. The standard InChI is InChI=1S/C14H17N5O3/c1-9-5-6-15-14-16-11(17-19(9)14)13(21)22-10(2)12(20)18-7-3-4-8-18/h5-6,10H,3-4,7-8H2,1-2H3/t10-/m1/s1. The minimum atomic E-state index is -0.841. The van der Waals surface area contributed by atoms with Crippen molar-refractivity contribution in [1.82, 2.24) is 24.5 Å². The van der Waals surface area contributed by atoms with Crippen molar-refractivity contribution in [3.05, 3.63) is 23.8 Å². The first kappa shape index (κ1) is 14.4. The number of aromatic nitrogens is 4. The average Bonchev–Trinajstić information content (AvgIpc) is 3.16. The smallest absolute Gasteiger partial charge is 0.379 e. The van der Waals surface area contributed by atoms with Crippen molar-refractivity contribution >= 4 is 17.7 Å². The molecule has 1 aliphatic heterocycles. The van der Waals surface area contributed by atoms with Crippen LogP contribution in [0.5, 0.6) is 0 Å². The van der Waals surface area contributed by atoms with Crippen molar-refractivity contribution in [3.8, 4) is 0 Å². The molecule has 1 atom stereocenters. The van der Waals surface area contributed by atoms with Gasteiger partial charge in [0.25, 0.3) is 17.5 Å². The SMILES string of the molecule is Cc1ccnc2nc(C(=O)O[C@H](C)C(=O)N3CCCC3)nn12. The van der Waals surface area contributed by atoms with Crippen molar-refractivity contribution in [3.63, 3.8) is 0 Å². The van der Waals surface area contributed by atoms with Gasteiger partial charge >= 0.3 is 5.97 Å². The van der Waals surface area contributed by atoms with E-state index in [0.717, 1.165) is 31.6 Å². The minimum absolute atomic E-state index is 0.0946. The lowest BCUT2D eigenvalue weighted by Gasteiger charge is -2.19. The largest absolute Gasteiger partial charge is 0.447 e. The molecule has 22 heavy (non-hydrogen) atoms. The number of nitrogens with zero attached hydrogens (tertiary/aromatic N) is 5. The molecule has 0 spiro atoms. The lowest BCUT2D eigenvalue weighted by Crippen LogP contribution is -2.38. The number of carbonyl (C=O) groups excluding carboxylic acids is 2. The molecule has 1 amide bonds. The number of aryl methyl sites for hydroxylation is 1. The summed E-state index contributed by atoms with van der Waals surface area (Å²) in [7, 11) is 0. The van der Waals surface area contributed by atoms with E-state index < -0.39 is 12.1 Å². The Kier molecular flexibility index (Phi) is 3.74. The molecule has 1 saturated heterocycles. The minimum Gasteiger partial charge on any atom is -0.447 e. The highest BCUT2D eigenvalue weighted by Gasteiger charge is 2.27. The van der Waals surface area contributed by atoms with Crippen molar-refractivity contribution in [2.75, 3.05) is 13.1 Å². The molecule has 3 rings (SSSR count). The van der Waals surface area contributed by atoms with Gasteiger partial charge in [0.15, 0.2) is 6.10 Å². The molecule has 0 N–H and O–H groups in total. The van der Waals surface area contributed by atoms with Crippen LogP contribution in [0.3, 0.4) is 0 Å². The zero-order valence-electron chi connectivity index (χ0n) is 12.5. The van der Waals surface area contributed by atoms with E-state index in [9.17, 15) is 9.59 Å². The second kappa shape index (κ2) is 5.70. The third-order valence-corrected chi connectivity index (χ3v) is 3.66. The normalized spacial score (nSPS) is 16.0. The van der Waals surface area contributed by atoms with Crippen LogP contribution in [0.25, 0.3) is 5.78 Å². The first-order valence-electron chi connectivity index (χ1n) is 7.24. The summed E-state index contributed by atoms with van der Waals surface area (Å²) in [6, 6.07) is 1.76. The number of likely N-dealkylation sites (tertiary alicyclic amines) is 1. The quantitative estimate of drug-likeness (QED) is 0.771. The van der Waals surface area contributed by atoms with Gasteiger partial charge in [-0.3, -0.25) is 4.79 Å². The third kappa shape index (κ3) is 2.63. The maximum Gasteiger partial charge on any atom is 0.379 e. The number of hydrogen-bond acceptors (Lipinski definition) is 6. The van der Waals surface area contributed by atoms with Gasteiger partial charge in [-0.25, -0.2) is 14.3 Å². The van der Waals surface area contributed by atoms with Gasteiger partial charge in [-0.05, 0) is 32.8 Å². The molecular weight excluding hydrogens is 286 g/mol. The summed E-state index contributed by atoms with van der Waals surface area (Å²) in [5.41, 5.74) is 0.803. The number of amides is 1. The third-order valence-electron chi connectivity index (χ3n) is 3.66. The summed E-state index contributed by atoms with van der Waals surface area (Å²) in [5.74, 6) is -0.665. The van der Waals surface area contributed by atoms with Crippen LogP contribution in [0.2, 0.25) is 0 Å². The molecule has 0 aliphatic carbocycles. The van der Waals surface area contributed by atoms with Crippen LogP contribution < -0.4 is 0 Å². The molecule has 8 nitrogen and oxygen atoms in total. The van der Waals surface area contributed by atoms with Crippen LogP contribution in [-0.4, -0.2) is 55.6 Å². The van der Waals surface area contributed by atoms with E-state index >= 15 is 0 Å². The molecule has 0 aromatic carbocycles. The molecular formula is C14H17N5O3. The second-order valence-corrected chi connectivity index (χ2v) is 5.31. The van der Waals surface area contributed by atoms with E-state index in [1.807, 2.05) is 6.92 Å². The zero-order chi connectivity index (χ0) is 15.7. The van der Waals surface area contributed by atoms with E-state index in [4.69, 9.17) is 4.74 Å². The summed E-state index contributed by atoms with van der Waals surface area (Å²) >= 11 is 0. The van der Waals surface area contributed by atoms with Crippen LogP contribution in [0.1, 0.15) is 36.1 Å². The maximum atomic E-state index is 12.1. The van der Waals surface area contributed by atoms with Crippen LogP contribution in [0.15, 0.2) is 12.3 Å². The molecule has 2 aromatic rings. The molecule has 3 heterocycles. The Bertz CT molecular complexity index is 720. The summed E-state index contributed by atoms with van der Waals surface area (Å²) in [6.07, 6.45) is 2.73. The number of carbonyl (C=O) groups is 2. The summed E-state index contributed by atoms with van der Waals surface area (Å²) in [5, 5.41) is 4.07. The highest BCUT2D eigenvalue weighted by Crippen LogP contribution is 2.11. The Morgan fingerprint density at radius 2 is 2.05 bits per heavy atom. The first-order valence-corrected chi connectivity index (χ1v) is 7.24. The number of ether oxygens (including phenoxy) is 1. The molecule has 2 aromatic heterocycles. The summed E-state index contributed by atoms with van der Waals surface area (Å²) in [6.45, 7) is 4.84. The Labute approximate surface area is 127 Å². The van der Waals surface area contributed by atoms with Crippen LogP contribution >= 0.6 is 0 Å². The van der Waals surface area contributed by atoms with Gasteiger partial charge in [-0.15, -0.1) is 5.10 Å². The molecule has 1 aliphatic rings. The van der Waals surface area contributed by atoms with Gasteiger partial charge in [-0.1, -0.05) is 0 Å². The van der Waals surface area contributed by atoms with E-state index in [1.165, 1.54) is 4.52 Å². The highest BCUT2D eigenvalue weighted by molar-refractivity contribution is 5.89. The number of esters is 1. The number of fused-ring (bicyclic) bond motifs is 1. The zero-order valence-corrected chi connectivity index (χ0v) is 12.5. The van der Waals surface area contributed by atoms with Gasteiger partial charge in [-0.2, -0.15) is 4.98 Å². The van der Waals surface area contributed by atoms with Gasteiger partial charge in [0.2, 0.25) is 0 Å². The van der Waals surface area contributed by atoms with E-state index in [0.29, 0.717) is 5.78 Å². The fraction of sp³-hybridized carbons (Fsp3) is 0.500. The molecule has 1 fully saturated rings. The molecule has 8 heteroatoms. The Balaban J connectivity index is 1.72. The van der Waals surface area contributed by atoms with E-state index in [1.54, 1.807) is 24.1 Å². The average molecular weight is 303 g/mol. The first-order chi connectivity index (χ1) is 10.6. The lowest BCUT2D eigenvalue weighted by atomic mass is 10.3. The van der Waals surface area contributed by atoms with Gasteiger partial charge in [0.1, 0.15) is 0 Å². The van der Waals surface area contributed by atoms with Gasteiger partial charge < -0.3 is 9.64 Å². The lowest BCUT2D eigenvalue weighted by molar-refractivity contribution is -0.138.